The Morgan fingerprint density at radius 1 is 1.30 bits per heavy atom. The number of benzene rings is 2. The van der Waals surface area contributed by atoms with Crippen LogP contribution in [0.1, 0.15) is 12.5 Å². The summed E-state index contributed by atoms with van der Waals surface area (Å²) in [7, 11) is 0. The number of halogens is 1. The molecule has 1 N–H and O–H groups in total. The van der Waals surface area contributed by atoms with Crippen LogP contribution in [0.2, 0.25) is 5.02 Å². The summed E-state index contributed by atoms with van der Waals surface area (Å²) in [4.78, 5) is 11.7. The molecule has 4 nitrogen and oxygen atoms in total. The highest BCUT2D eigenvalue weighted by atomic mass is 35.5. The summed E-state index contributed by atoms with van der Waals surface area (Å²) in [5, 5.41) is 12.1. The van der Waals surface area contributed by atoms with Crippen LogP contribution in [0.3, 0.4) is 0 Å². The molecule has 0 unspecified atom stereocenters. The lowest BCUT2D eigenvalue weighted by atomic mass is 10.1. The maximum Gasteiger partial charge on any atom is 0.261 e. The van der Waals surface area contributed by atoms with Crippen LogP contribution in [-0.2, 0) is 4.79 Å². The van der Waals surface area contributed by atoms with E-state index in [0.717, 1.165) is 0 Å². The fourth-order valence-electron chi connectivity index (χ4n) is 1.88. The van der Waals surface area contributed by atoms with Crippen molar-refractivity contribution in [3.8, 4) is 17.6 Å². The number of likely N-dealkylation sites (N-methyl/N-ethyl adjacent to an activating group) is 1. The van der Waals surface area contributed by atoms with E-state index in [1.165, 1.54) is 6.08 Å². The van der Waals surface area contributed by atoms with Gasteiger partial charge in [-0.05, 0) is 42.8 Å². The Hall–Kier alpha value is -2.77. The van der Waals surface area contributed by atoms with Gasteiger partial charge >= 0.3 is 0 Å². The van der Waals surface area contributed by atoms with Gasteiger partial charge in [0, 0.05) is 6.54 Å². The zero-order valence-corrected chi connectivity index (χ0v) is 13.3. The van der Waals surface area contributed by atoms with Crippen molar-refractivity contribution in [1.82, 2.24) is 5.32 Å². The summed E-state index contributed by atoms with van der Waals surface area (Å²) in [6, 6.07) is 16.3. The molecule has 0 aliphatic rings. The second-order valence-corrected chi connectivity index (χ2v) is 5.04. The van der Waals surface area contributed by atoms with E-state index in [4.69, 9.17) is 21.6 Å². The average Bonchev–Trinajstić information content (AvgIpc) is 2.56. The molecule has 0 fully saturated rings. The maximum absolute atomic E-state index is 11.7. The molecule has 2 aromatic rings. The molecule has 2 rings (SSSR count). The van der Waals surface area contributed by atoms with Gasteiger partial charge in [0.1, 0.15) is 23.1 Å². The number of para-hydroxylation sites is 1. The van der Waals surface area contributed by atoms with Crippen LogP contribution in [0.15, 0.2) is 54.1 Å². The van der Waals surface area contributed by atoms with E-state index in [2.05, 4.69) is 5.32 Å². The highest BCUT2D eigenvalue weighted by molar-refractivity contribution is 6.32. The molecule has 23 heavy (non-hydrogen) atoms. The second-order valence-electron chi connectivity index (χ2n) is 4.63. The summed E-state index contributed by atoms with van der Waals surface area (Å²) < 4.78 is 5.68. The lowest BCUT2D eigenvalue weighted by molar-refractivity contribution is -0.116. The Labute approximate surface area is 140 Å². The Kier molecular flexibility index (Phi) is 5.79. The molecule has 0 saturated carbocycles. The summed E-state index contributed by atoms with van der Waals surface area (Å²) >= 11 is 6.21. The van der Waals surface area contributed by atoms with Gasteiger partial charge in [0.05, 0.1) is 5.02 Å². The lowest BCUT2D eigenvalue weighted by Crippen LogP contribution is -2.23. The third kappa shape index (κ3) is 4.60. The molecule has 116 valence electrons. The first-order valence-electron chi connectivity index (χ1n) is 7.06. The molecule has 0 aliphatic heterocycles. The van der Waals surface area contributed by atoms with Crippen LogP contribution < -0.4 is 10.1 Å². The van der Waals surface area contributed by atoms with Crippen LogP contribution >= 0.6 is 11.6 Å². The van der Waals surface area contributed by atoms with Crippen LogP contribution in [0.5, 0.6) is 11.5 Å². The van der Waals surface area contributed by atoms with Crippen molar-refractivity contribution in [1.29, 1.82) is 5.26 Å². The Morgan fingerprint density at radius 2 is 2.04 bits per heavy atom. The third-order valence-corrected chi connectivity index (χ3v) is 3.24. The number of carbonyl (C=O) groups excluding carboxylic acids is 1. The van der Waals surface area contributed by atoms with Crippen LogP contribution in [0.25, 0.3) is 6.08 Å². The molecule has 0 saturated heterocycles. The highest BCUT2D eigenvalue weighted by Crippen LogP contribution is 2.30. The number of nitrogens with zero attached hydrogens (tertiary/aromatic N) is 1. The number of hydrogen-bond donors (Lipinski definition) is 1. The molecule has 0 heterocycles. The molecule has 0 aliphatic carbocycles. The van der Waals surface area contributed by atoms with E-state index >= 15 is 0 Å². The van der Waals surface area contributed by atoms with Crippen molar-refractivity contribution >= 4 is 23.6 Å². The van der Waals surface area contributed by atoms with Gasteiger partial charge in [-0.2, -0.15) is 5.26 Å². The minimum atomic E-state index is -0.407. The maximum atomic E-state index is 11.7. The predicted molar refractivity (Wildman–Crippen MR) is 90.2 cm³/mol. The van der Waals surface area contributed by atoms with E-state index in [1.807, 2.05) is 36.4 Å². The number of ether oxygens (including phenoxy) is 1. The van der Waals surface area contributed by atoms with E-state index in [0.29, 0.717) is 28.6 Å². The SMILES string of the molecule is CCNC(=O)C(C#N)=Cc1ccc(Oc2ccccc2)c(Cl)c1. The molecule has 0 aromatic heterocycles. The van der Waals surface area contributed by atoms with E-state index in [-0.39, 0.29) is 5.57 Å². The number of rotatable bonds is 5. The van der Waals surface area contributed by atoms with Crippen molar-refractivity contribution in [2.45, 2.75) is 6.92 Å². The number of hydrogen-bond acceptors (Lipinski definition) is 3. The van der Waals surface area contributed by atoms with E-state index < -0.39 is 5.91 Å². The molecule has 0 spiro atoms. The summed E-state index contributed by atoms with van der Waals surface area (Å²) in [5.41, 5.74) is 0.679. The van der Waals surface area contributed by atoms with Crippen molar-refractivity contribution in [3.05, 3.63) is 64.7 Å². The Bertz CT molecular complexity index is 764. The molecule has 0 radical (unpaired) electrons. The average molecular weight is 327 g/mol. The van der Waals surface area contributed by atoms with Gasteiger partial charge in [0.25, 0.3) is 5.91 Å². The van der Waals surface area contributed by atoms with Gasteiger partial charge in [-0.25, -0.2) is 0 Å². The number of amides is 1. The quantitative estimate of drug-likeness (QED) is 0.662. The first kappa shape index (κ1) is 16.6. The second kappa shape index (κ2) is 8.02. The minimum absolute atomic E-state index is 0.0274. The molecular formula is C18H15ClN2O2. The minimum Gasteiger partial charge on any atom is -0.456 e. The van der Waals surface area contributed by atoms with Gasteiger partial charge in [0.2, 0.25) is 0 Å². The topological polar surface area (TPSA) is 62.1 Å². The van der Waals surface area contributed by atoms with E-state index in [9.17, 15) is 4.79 Å². The monoisotopic (exact) mass is 326 g/mol. The summed E-state index contributed by atoms with van der Waals surface area (Å²) in [6.45, 7) is 2.25. The Morgan fingerprint density at radius 3 is 2.65 bits per heavy atom. The van der Waals surface area contributed by atoms with Crippen molar-refractivity contribution in [3.63, 3.8) is 0 Å². The summed E-state index contributed by atoms with van der Waals surface area (Å²) in [6.07, 6.45) is 1.49. The van der Waals surface area contributed by atoms with Gasteiger partial charge in [0.15, 0.2) is 0 Å². The van der Waals surface area contributed by atoms with Crippen molar-refractivity contribution in [2.75, 3.05) is 6.54 Å². The van der Waals surface area contributed by atoms with Gasteiger partial charge in [-0.3, -0.25) is 4.79 Å². The fraction of sp³-hybridized carbons (Fsp3) is 0.111. The first-order chi connectivity index (χ1) is 11.1. The molecule has 5 heteroatoms. The molecule has 1 amide bonds. The van der Waals surface area contributed by atoms with Gasteiger partial charge < -0.3 is 10.1 Å². The predicted octanol–water partition coefficient (Wildman–Crippen LogP) is 4.18. The zero-order valence-electron chi connectivity index (χ0n) is 12.5. The highest BCUT2D eigenvalue weighted by Gasteiger charge is 2.09. The fourth-order valence-corrected chi connectivity index (χ4v) is 2.10. The molecule has 0 bridgehead atoms. The number of carbonyl (C=O) groups is 1. The zero-order chi connectivity index (χ0) is 16.7. The number of nitriles is 1. The van der Waals surface area contributed by atoms with Crippen LogP contribution in [0.4, 0.5) is 0 Å². The lowest BCUT2D eigenvalue weighted by Gasteiger charge is -2.08. The molecule has 2 aromatic carbocycles. The third-order valence-electron chi connectivity index (χ3n) is 2.94. The molecular weight excluding hydrogens is 312 g/mol. The van der Waals surface area contributed by atoms with Crippen molar-refractivity contribution in [2.24, 2.45) is 0 Å². The first-order valence-corrected chi connectivity index (χ1v) is 7.44. The number of nitrogens with one attached hydrogen (secondary N) is 1. The Balaban J connectivity index is 2.22. The van der Waals surface area contributed by atoms with Crippen LogP contribution in [-0.4, -0.2) is 12.5 Å². The largest absolute Gasteiger partial charge is 0.456 e. The normalized spacial score (nSPS) is 10.7. The van der Waals surface area contributed by atoms with Crippen LogP contribution in [0, 0.1) is 11.3 Å². The standard InChI is InChI=1S/C18H15ClN2O2/c1-2-21-18(22)14(12-20)10-13-8-9-17(16(19)11-13)23-15-6-4-3-5-7-15/h3-11H,2H2,1H3,(H,21,22). The van der Waals surface area contributed by atoms with Crippen molar-refractivity contribution < 1.29 is 9.53 Å². The van der Waals surface area contributed by atoms with Gasteiger partial charge in [-0.15, -0.1) is 0 Å². The molecule has 0 atom stereocenters. The van der Waals surface area contributed by atoms with Gasteiger partial charge in [-0.1, -0.05) is 35.9 Å². The summed E-state index contributed by atoms with van der Waals surface area (Å²) in [5.74, 6) is 0.778. The smallest absolute Gasteiger partial charge is 0.261 e. The van der Waals surface area contributed by atoms with E-state index in [1.54, 1.807) is 25.1 Å².